The molecule has 2 atom stereocenters. The van der Waals surface area contributed by atoms with E-state index in [9.17, 15) is 29.4 Å². The number of rotatable bonds is 14. The lowest BCUT2D eigenvalue weighted by molar-refractivity contribution is -0.937. The summed E-state index contributed by atoms with van der Waals surface area (Å²) in [5, 5.41) is 24.5. The van der Waals surface area contributed by atoms with Gasteiger partial charge in [0.25, 0.3) is 0 Å². The molecule has 1 saturated heterocycles. The summed E-state index contributed by atoms with van der Waals surface area (Å²) in [6, 6.07) is -2.01. The highest BCUT2D eigenvalue weighted by Gasteiger charge is 2.35. The fraction of sp³-hybridized carbons (Fsp3) is 0.810. The van der Waals surface area contributed by atoms with Gasteiger partial charge in [-0.25, -0.2) is 0 Å². The largest absolute Gasteiger partial charge is 0.481 e. The number of carboxylic acids is 2. The summed E-state index contributed by atoms with van der Waals surface area (Å²) >= 11 is 0. The van der Waals surface area contributed by atoms with E-state index >= 15 is 0 Å². The van der Waals surface area contributed by atoms with E-state index in [0.29, 0.717) is 4.48 Å². The molecule has 0 bridgehead atoms. The van der Waals surface area contributed by atoms with Crippen molar-refractivity contribution in [2.45, 2.75) is 84.1 Å². The maximum absolute atomic E-state index is 12.3. The molecule has 4 N–H and O–H groups in total. The van der Waals surface area contributed by atoms with Crippen LogP contribution in [0.15, 0.2) is 0 Å². The molecular formula is C21H38N3O8+. The predicted octanol–water partition coefficient (Wildman–Crippen LogP) is 0.671. The lowest BCUT2D eigenvalue weighted by Gasteiger charge is -2.42. The van der Waals surface area contributed by atoms with E-state index in [1.165, 1.54) is 0 Å². The molecule has 1 rings (SSSR count). The Kier molecular flexibility index (Phi) is 11.6. The van der Waals surface area contributed by atoms with Gasteiger partial charge in [-0.05, 0) is 47.0 Å². The zero-order valence-corrected chi connectivity index (χ0v) is 19.5. The molecule has 11 heteroatoms. The van der Waals surface area contributed by atoms with Gasteiger partial charge in [0.1, 0.15) is 25.4 Å². The first-order chi connectivity index (χ1) is 14.9. The van der Waals surface area contributed by atoms with Crippen molar-refractivity contribution in [3.05, 3.63) is 0 Å². The third-order valence-electron chi connectivity index (χ3n) is 5.14. The number of aliphatic carboxylic acids is 2. The summed E-state index contributed by atoms with van der Waals surface area (Å²) in [5.74, 6) is -3.50. The highest BCUT2D eigenvalue weighted by Crippen LogP contribution is 2.18. The monoisotopic (exact) mass is 460 g/mol. The van der Waals surface area contributed by atoms with Gasteiger partial charge in [-0.1, -0.05) is 0 Å². The number of quaternary nitrogens is 1. The lowest BCUT2D eigenvalue weighted by atomic mass is 10.1. The standard InChI is InChI=1S/C21H37N3O8/c1-14(2)31-20(29)16(10-18(25)26)22-12-24(8-6-5-7-9-24)13-23-17(11-19(27)28)21(30)32-15(3)4/h14-17,22-23H,5-13H2,1-4H3,(H-,25,26,27,28)/p+1. The van der Waals surface area contributed by atoms with Crippen LogP contribution in [0.1, 0.15) is 59.8 Å². The van der Waals surface area contributed by atoms with Crippen LogP contribution in [-0.4, -0.2) is 89.3 Å². The van der Waals surface area contributed by atoms with Gasteiger partial charge in [0, 0.05) is 0 Å². The Bertz CT molecular complexity index is 599. The van der Waals surface area contributed by atoms with Gasteiger partial charge < -0.3 is 19.7 Å². The maximum atomic E-state index is 12.3. The zero-order valence-electron chi connectivity index (χ0n) is 19.5. The van der Waals surface area contributed by atoms with Gasteiger partial charge >= 0.3 is 23.9 Å². The Morgan fingerprint density at radius 2 is 1.12 bits per heavy atom. The number of nitrogens with zero attached hydrogens (tertiary/aromatic N) is 1. The number of likely N-dealkylation sites (tertiary alicyclic amines) is 1. The van der Waals surface area contributed by atoms with Crippen LogP contribution in [0.3, 0.4) is 0 Å². The first kappa shape index (κ1) is 27.8. The first-order valence-corrected chi connectivity index (χ1v) is 11.1. The van der Waals surface area contributed by atoms with Crippen LogP contribution in [-0.2, 0) is 28.7 Å². The van der Waals surface area contributed by atoms with Crippen molar-refractivity contribution in [2.24, 2.45) is 0 Å². The molecule has 11 nitrogen and oxygen atoms in total. The van der Waals surface area contributed by atoms with Crippen molar-refractivity contribution in [1.29, 1.82) is 0 Å². The fourth-order valence-electron chi connectivity index (χ4n) is 3.62. The average molecular weight is 461 g/mol. The fourth-order valence-corrected chi connectivity index (χ4v) is 3.62. The molecule has 0 amide bonds. The molecule has 1 fully saturated rings. The van der Waals surface area contributed by atoms with E-state index < -0.39 is 48.8 Å². The molecule has 184 valence electrons. The van der Waals surface area contributed by atoms with Crippen molar-refractivity contribution in [2.75, 3.05) is 26.4 Å². The summed E-state index contributed by atoms with van der Waals surface area (Å²) in [6.07, 6.45) is 1.31. The van der Waals surface area contributed by atoms with E-state index in [2.05, 4.69) is 10.6 Å². The number of hydrogen-bond donors (Lipinski definition) is 4. The van der Waals surface area contributed by atoms with Crippen molar-refractivity contribution >= 4 is 23.9 Å². The third kappa shape index (κ3) is 10.4. The van der Waals surface area contributed by atoms with E-state index in [-0.39, 0.29) is 25.5 Å². The van der Waals surface area contributed by atoms with Gasteiger partial charge in [0.05, 0.1) is 38.1 Å². The number of carbonyl (C=O) groups is 4. The van der Waals surface area contributed by atoms with Crippen molar-refractivity contribution < 1.29 is 43.3 Å². The van der Waals surface area contributed by atoms with Crippen LogP contribution in [0.25, 0.3) is 0 Å². The molecule has 0 aromatic rings. The Morgan fingerprint density at radius 3 is 1.44 bits per heavy atom. The quantitative estimate of drug-likeness (QED) is 0.215. The number of carbonyl (C=O) groups excluding carboxylic acids is 2. The van der Waals surface area contributed by atoms with E-state index in [4.69, 9.17) is 9.47 Å². The normalized spacial score (nSPS) is 17.6. The minimum absolute atomic E-state index is 0.275. The predicted molar refractivity (Wildman–Crippen MR) is 114 cm³/mol. The second-order valence-electron chi connectivity index (χ2n) is 8.85. The number of hydrogen-bond acceptors (Lipinski definition) is 8. The third-order valence-corrected chi connectivity index (χ3v) is 5.14. The van der Waals surface area contributed by atoms with Crippen LogP contribution in [0.2, 0.25) is 0 Å². The van der Waals surface area contributed by atoms with Crippen LogP contribution in [0.4, 0.5) is 0 Å². The zero-order chi connectivity index (χ0) is 24.3. The van der Waals surface area contributed by atoms with Crippen LogP contribution < -0.4 is 10.6 Å². The highest BCUT2D eigenvalue weighted by atomic mass is 16.5. The highest BCUT2D eigenvalue weighted by molar-refractivity contribution is 5.82. The number of esters is 2. The van der Waals surface area contributed by atoms with E-state index in [1.807, 2.05) is 0 Å². The number of piperidine rings is 1. The number of carboxylic acid groups (broad SMARTS) is 2. The van der Waals surface area contributed by atoms with Crippen molar-refractivity contribution in [3.63, 3.8) is 0 Å². The van der Waals surface area contributed by atoms with Gasteiger partial charge in [-0.2, -0.15) is 0 Å². The SMILES string of the molecule is CC(C)OC(=O)C(CC(=O)O)NC[N+]1(CNC(CC(=O)O)C(=O)OC(C)C)CCCCC1. The molecule has 0 aliphatic carbocycles. The summed E-state index contributed by atoms with van der Waals surface area (Å²) in [4.78, 5) is 47.2. The summed E-state index contributed by atoms with van der Waals surface area (Å²) in [5.41, 5.74) is 0. The second-order valence-corrected chi connectivity index (χ2v) is 8.85. The molecule has 1 heterocycles. The van der Waals surface area contributed by atoms with E-state index in [0.717, 1.165) is 32.4 Å². The van der Waals surface area contributed by atoms with Gasteiger partial charge in [0.2, 0.25) is 0 Å². The second kappa shape index (κ2) is 13.3. The van der Waals surface area contributed by atoms with Crippen LogP contribution in [0, 0.1) is 0 Å². The minimum atomic E-state index is -1.12. The van der Waals surface area contributed by atoms with Crippen molar-refractivity contribution in [3.8, 4) is 0 Å². The molecule has 0 aromatic heterocycles. The van der Waals surface area contributed by atoms with Gasteiger partial charge in [-0.15, -0.1) is 0 Å². The van der Waals surface area contributed by atoms with Gasteiger partial charge in [0.15, 0.2) is 0 Å². The molecule has 0 aromatic carbocycles. The van der Waals surface area contributed by atoms with E-state index in [1.54, 1.807) is 27.7 Å². The van der Waals surface area contributed by atoms with Crippen LogP contribution in [0.5, 0.6) is 0 Å². The van der Waals surface area contributed by atoms with Crippen molar-refractivity contribution in [1.82, 2.24) is 10.6 Å². The molecule has 2 unspecified atom stereocenters. The Balaban J connectivity index is 2.90. The Hall–Kier alpha value is -2.24. The summed E-state index contributed by atoms with van der Waals surface area (Å²) in [6.45, 7) is 8.78. The Morgan fingerprint density at radius 1 is 0.750 bits per heavy atom. The smallest absolute Gasteiger partial charge is 0.324 e. The molecule has 32 heavy (non-hydrogen) atoms. The Labute approximate surface area is 189 Å². The lowest BCUT2D eigenvalue weighted by Crippen LogP contribution is -2.63. The number of nitrogens with one attached hydrogen (secondary N) is 2. The van der Waals surface area contributed by atoms with Gasteiger partial charge in [-0.3, -0.25) is 34.3 Å². The molecule has 1 aliphatic heterocycles. The van der Waals surface area contributed by atoms with Crippen LogP contribution >= 0.6 is 0 Å². The topological polar surface area (TPSA) is 151 Å². The molecule has 0 saturated carbocycles. The molecule has 0 spiro atoms. The molecule has 0 radical (unpaired) electrons. The summed E-state index contributed by atoms with van der Waals surface area (Å²) in [7, 11) is 0. The number of ether oxygens (including phenoxy) is 2. The summed E-state index contributed by atoms with van der Waals surface area (Å²) < 4.78 is 10.8. The first-order valence-electron chi connectivity index (χ1n) is 11.1. The maximum Gasteiger partial charge on any atom is 0.324 e. The molecule has 1 aliphatic rings. The molecular weight excluding hydrogens is 422 g/mol. The minimum Gasteiger partial charge on any atom is -0.481 e. The average Bonchev–Trinajstić information content (AvgIpc) is 2.67.